The molecule has 11 heavy (non-hydrogen) atoms. The number of nitrogens with two attached hydrogens (primary N) is 1. The maximum Gasteiger partial charge on any atom is 0.106 e. The Morgan fingerprint density at radius 3 is 1.82 bits per heavy atom. The fourth-order valence-corrected chi connectivity index (χ4v) is 1.44. The Bertz CT molecular complexity index is 158. The monoisotopic (exact) mass is 173 g/mol. The second-order valence-electron chi connectivity index (χ2n) is 4.61. The van der Waals surface area contributed by atoms with Crippen LogP contribution in [0.2, 0.25) is 0 Å². The lowest BCUT2D eigenvalue weighted by Crippen LogP contribution is -2.40. The van der Waals surface area contributed by atoms with Crippen LogP contribution in [0.3, 0.4) is 0 Å². The van der Waals surface area contributed by atoms with E-state index < -0.39 is 0 Å². The SMILES string of the molecule is CC(C)(N)CC(C)(C)C(=O)[SiH3]. The van der Waals surface area contributed by atoms with Crippen molar-refractivity contribution in [3.63, 3.8) is 0 Å². The molecule has 0 aliphatic rings. The molecule has 0 rings (SSSR count). The van der Waals surface area contributed by atoms with Crippen molar-refractivity contribution >= 4 is 15.6 Å². The standard InChI is InChI=1S/C8H19NOSi/c1-7(2,6(10)11)5-8(3,4)9/h5,9H2,1-4,11H3. The van der Waals surface area contributed by atoms with Gasteiger partial charge in [-0.2, -0.15) is 0 Å². The minimum atomic E-state index is -0.233. The third-order valence-electron chi connectivity index (χ3n) is 1.85. The summed E-state index contributed by atoms with van der Waals surface area (Å²) < 4.78 is 0. The highest BCUT2D eigenvalue weighted by Gasteiger charge is 2.29. The predicted molar refractivity (Wildman–Crippen MR) is 51.6 cm³/mol. The first kappa shape index (κ1) is 10.8. The quantitative estimate of drug-likeness (QED) is 0.612. The van der Waals surface area contributed by atoms with E-state index in [1.807, 2.05) is 27.7 Å². The zero-order chi connectivity index (χ0) is 9.28. The van der Waals surface area contributed by atoms with Gasteiger partial charge in [0.05, 0.1) is 10.2 Å². The van der Waals surface area contributed by atoms with E-state index in [-0.39, 0.29) is 11.0 Å². The lowest BCUT2D eigenvalue weighted by atomic mass is 9.81. The van der Waals surface area contributed by atoms with Crippen LogP contribution in [-0.2, 0) is 4.79 Å². The van der Waals surface area contributed by atoms with Gasteiger partial charge in [0.2, 0.25) is 0 Å². The zero-order valence-corrected chi connectivity index (χ0v) is 10.2. The summed E-state index contributed by atoms with van der Waals surface area (Å²) in [6.45, 7) is 7.85. The zero-order valence-electron chi connectivity index (χ0n) is 8.19. The van der Waals surface area contributed by atoms with Crippen molar-refractivity contribution in [2.75, 3.05) is 0 Å². The summed E-state index contributed by atoms with van der Waals surface area (Å²) in [5.41, 5.74) is 5.37. The van der Waals surface area contributed by atoms with Gasteiger partial charge >= 0.3 is 0 Å². The molecule has 0 aliphatic heterocycles. The molecule has 0 aliphatic carbocycles. The van der Waals surface area contributed by atoms with Crippen molar-refractivity contribution in [2.45, 2.75) is 39.7 Å². The highest BCUT2D eigenvalue weighted by Crippen LogP contribution is 2.26. The molecule has 0 aromatic heterocycles. The fraction of sp³-hybridized carbons (Fsp3) is 0.875. The number of carbonyl (C=O) groups is 1. The van der Waals surface area contributed by atoms with Crippen LogP contribution in [0.15, 0.2) is 0 Å². The van der Waals surface area contributed by atoms with Crippen LogP contribution < -0.4 is 5.73 Å². The summed E-state index contributed by atoms with van der Waals surface area (Å²) in [6.07, 6.45) is 0.766. The van der Waals surface area contributed by atoms with E-state index in [2.05, 4.69) is 0 Å². The summed E-state index contributed by atoms with van der Waals surface area (Å²) in [7, 11) is 0.626. The molecule has 0 saturated carbocycles. The van der Waals surface area contributed by atoms with Gasteiger partial charge in [-0.15, -0.1) is 0 Å². The Morgan fingerprint density at radius 2 is 1.73 bits per heavy atom. The van der Waals surface area contributed by atoms with Crippen LogP contribution >= 0.6 is 0 Å². The Labute approximate surface area is 72.0 Å². The van der Waals surface area contributed by atoms with Crippen LogP contribution in [-0.4, -0.2) is 21.2 Å². The first-order chi connectivity index (χ1) is 4.65. The van der Waals surface area contributed by atoms with E-state index in [0.29, 0.717) is 15.6 Å². The molecule has 0 radical (unpaired) electrons. The topological polar surface area (TPSA) is 43.1 Å². The number of hydrogen-bond donors (Lipinski definition) is 1. The Hall–Kier alpha value is -0.153. The molecular weight excluding hydrogens is 154 g/mol. The maximum atomic E-state index is 11.1. The highest BCUT2D eigenvalue weighted by molar-refractivity contribution is 6.58. The van der Waals surface area contributed by atoms with E-state index in [4.69, 9.17) is 5.73 Å². The van der Waals surface area contributed by atoms with Crippen molar-refractivity contribution in [2.24, 2.45) is 11.1 Å². The summed E-state index contributed by atoms with van der Waals surface area (Å²) >= 11 is 0. The predicted octanol–water partition coefficient (Wildman–Crippen LogP) is 0.0320. The lowest BCUT2D eigenvalue weighted by Gasteiger charge is -2.30. The van der Waals surface area contributed by atoms with Gasteiger partial charge in [0.25, 0.3) is 0 Å². The van der Waals surface area contributed by atoms with Gasteiger partial charge in [0.15, 0.2) is 0 Å². The maximum absolute atomic E-state index is 11.1. The van der Waals surface area contributed by atoms with Crippen molar-refractivity contribution in [1.29, 1.82) is 0 Å². The summed E-state index contributed by atoms with van der Waals surface area (Å²) in [5.74, 6) is 0. The molecule has 2 nitrogen and oxygen atoms in total. The third kappa shape index (κ3) is 4.32. The van der Waals surface area contributed by atoms with Gasteiger partial charge in [0, 0.05) is 11.0 Å². The van der Waals surface area contributed by atoms with Crippen LogP contribution in [0.4, 0.5) is 0 Å². The largest absolute Gasteiger partial charge is 0.326 e. The van der Waals surface area contributed by atoms with Gasteiger partial charge in [-0.1, -0.05) is 13.8 Å². The van der Waals surface area contributed by atoms with Crippen molar-refractivity contribution in [3.8, 4) is 0 Å². The summed E-state index contributed by atoms with van der Waals surface area (Å²) in [4.78, 5) is 11.1. The van der Waals surface area contributed by atoms with Gasteiger partial charge in [0.1, 0.15) is 5.41 Å². The molecule has 0 bridgehead atoms. The summed E-state index contributed by atoms with van der Waals surface area (Å²) in [5, 5.41) is 0.344. The normalized spacial score (nSPS) is 13.5. The van der Waals surface area contributed by atoms with E-state index in [1.54, 1.807) is 0 Å². The molecule has 0 aromatic carbocycles. The molecule has 0 unspecified atom stereocenters. The molecule has 0 aromatic rings. The molecule has 0 fully saturated rings. The molecular formula is C8H19NOSi. The van der Waals surface area contributed by atoms with Gasteiger partial charge in [-0.25, -0.2) is 0 Å². The molecule has 2 N–H and O–H groups in total. The molecule has 0 spiro atoms. The van der Waals surface area contributed by atoms with Gasteiger partial charge < -0.3 is 10.5 Å². The van der Waals surface area contributed by atoms with Crippen molar-refractivity contribution in [3.05, 3.63) is 0 Å². The van der Waals surface area contributed by atoms with E-state index in [9.17, 15) is 4.79 Å². The first-order valence-electron chi connectivity index (χ1n) is 3.95. The highest BCUT2D eigenvalue weighted by atomic mass is 28.1. The average Bonchev–Trinajstić information content (AvgIpc) is 1.56. The minimum Gasteiger partial charge on any atom is -0.326 e. The molecule has 0 heterocycles. The van der Waals surface area contributed by atoms with Crippen LogP contribution in [0.1, 0.15) is 34.1 Å². The molecule has 0 atom stereocenters. The molecule has 3 heteroatoms. The summed E-state index contributed by atoms with van der Waals surface area (Å²) in [6, 6.07) is 0. The third-order valence-corrected chi connectivity index (χ3v) is 3.20. The number of rotatable bonds is 3. The average molecular weight is 173 g/mol. The van der Waals surface area contributed by atoms with Crippen molar-refractivity contribution < 1.29 is 4.79 Å². The smallest absolute Gasteiger partial charge is 0.106 e. The Morgan fingerprint density at radius 1 is 1.36 bits per heavy atom. The second-order valence-corrected chi connectivity index (χ2v) is 5.51. The molecule has 0 saturated heterocycles. The second kappa shape index (κ2) is 3.07. The van der Waals surface area contributed by atoms with E-state index in [1.165, 1.54) is 0 Å². The van der Waals surface area contributed by atoms with Gasteiger partial charge in [-0.05, 0) is 20.3 Å². The molecule has 66 valence electrons. The van der Waals surface area contributed by atoms with E-state index >= 15 is 0 Å². The number of carbonyl (C=O) groups excluding carboxylic acids is 1. The first-order valence-corrected chi connectivity index (χ1v) is 4.95. The van der Waals surface area contributed by atoms with Crippen LogP contribution in [0.5, 0.6) is 0 Å². The molecule has 0 amide bonds. The fourth-order valence-electron chi connectivity index (χ4n) is 1.26. The lowest BCUT2D eigenvalue weighted by molar-refractivity contribution is -0.119. The minimum absolute atomic E-state index is 0.218. The van der Waals surface area contributed by atoms with E-state index in [0.717, 1.165) is 6.42 Å². The van der Waals surface area contributed by atoms with Crippen molar-refractivity contribution in [1.82, 2.24) is 0 Å². The van der Waals surface area contributed by atoms with Crippen LogP contribution in [0, 0.1) is 5.41 Å². The van der Waals surface area contributed by atoms with Crippen LogP contribution in [0.25, 0.3) is 0 Å². The number of hydrogen-bond acceptors (Lipinski definition) is 2. The Kier molecular flexibility index (Phi) is 3.03. The van der Waals surface area contributed by atoms with Gasteiger partial charge in [-0.3, -0.25) is 0 Å². The Balaban J connectivity index is 4.25.